The van der Waals surface area contributed by atoms with Crippen molar-refractivity contribution < 1.29 is 13.6 Å². The van der Waals surface area contributed by atoms with Crippen LogP contribution in [0.1, 0.15) is 29.1 Å². The molecule has 0 radical (unpaired) electrons. The fourth-order valence-electron chi connectivity index (χ4n) is 3.26. The van der Waals surface area contributed by atoms with Gasteiger partial charge in [-0.2, -0.15) is 4.40 Å². The summed E-state index contributed by atoms with van der Waals surface area (Å²) in [5, 5.41) is 3.59. The number of imidazole rings is 1. The fourth-order valence-corrected chi connectivity index (χ4v) is 3.56. The van der Waals surface area contributed by atoms with Crippen molar-refractivity contribution in [3.8, 4) is 11.3 Å². The molecule has 1 atom stereocenters. The minimum atomic E-state index is -0.307. The first-order valence-corrected chi connectivity index (χ1v) is 9.26. The first kappa shape index (κ1) is 18.2. The smallest absolute Gasteiger partial charge is 0.339 e. The Balaban J connectivity index is 1.71. The number of carbonyl (C=O) groups is 1. The highest BCUT2D eigenvalue weighted by molar-refractivity contribution is 6.31. The number of carbonyl (C=O) groups excluding carboxylic acids is 1. The van der Waals surface area contributed by atoms with Crippen LogP contribution >= 0.6 is 11.6 Å². The standard InChI is InChI=1S/C22H17ClFN3O/c1-14(17-6-2-3-7-18(17)23)25-22(28)21-26-20(15-9-11-16(24)12-10-15)19-8-4-5-13-27(19)21/h2-14H,1H3,(H,25,28)/p+1. The summed E-state index contributed by atoms with van der Waals surface area (Å²) in [6.45, 7) is 1.88. The first-order valence-electron chi connectivity index (χ1n) is 8.88. The molecule has 6 heteroatoms. The van der Waals surface area contributed by atoms with E-state index < -0.39 is 0 Å². The molecule has 2 aromatic heterocycles. The Hall–Kier alpha value is -3.18. The number of halogens is 2. The topological polar surface area (TPSA) is 49.0 Å². The lowest BCUT2D eigenvalue weighted by Crippen LogP contribution is -2.36. The first-order chi connectivity index (χ1) is 13.5. The van der Waals surface area contributed by atoms with E-state index in [1.54, 1.807) is 22.6 Å². The molecule has 28 heavy (non-hydrogen) atoms. The summed E-state index contributed by atoms with van der Waals surface area (Å²) < 4.78 is 15.1. The third-order valence-electron chi connectivity index (χ3n) is 4.67. The van der Waals surface area contributed by atoms with Crippen molar-refractivity contribution in [2.45, 2.75) is 13.0 Å². The molecule has 0 aliphatic heterocycles. The second kappa shape index (κ2) is 7.44. The molecule has 2 heterocycles. The number of nitrogens with zero attached hydrogens (tertiary/aromatic N) is 1. The number of benzene rings is 2. The summed E-state index contributed by atoms with van der Waals surface area (Å²) in [6, 6.07) is 19.0. The number of aromatic nitrogens is 2. The normalized spacial score (nSPS) is 12.1. The number of rotatable bonds is 4. The highest BCUT2D eigenvalue weighted by Gasteiger charge is 2.26. The molecule has 0 aliphatic rings. The van der Waals surface area contributed by atoms with Crippen molar-refractivity contribution in [2.75, 3.05) is 0 Å². The number of aromatic amines is 1. The zero-order valence-electron chi connectivity index (χ0n) is 15.1. The monoisotopic (exact) mass is 394 g/mol. The second-order valence-corrected chi connectivity index (χ2v) is 6.94. The van der Waals surface area contributed by atoms with Crippen LogP contribution in [-0.2, 0) is 0 Å². The summed E-state index contributed by atoms with van der Waals surface area (Å²) in [6.07, 6.45) is 1.81. The predicted molar refractivity (Wildman–Crippen MR) is 107 cm³/mol. The number of hydrogen-bond donors (Lipinski definition) is 2. The van der Waals surface area contributed by atoms with Crippen molar-refractivity contribution in [3.05, 3.63) is 95.2 Å². The van der Waals surface area contributed by atoms with Gasteiger partial charge < -0.3 is 5.32 Å². The van der Waals surface area contributed by atoms with Crippen LogP contribution < -0.4 is 9.72 Å². The van der Waals surface area contributed by atoms with Gasteiger partial charge in [0.05, 0.1) is 12.2 Å². The van der Waals surface area contributed by atoms with Gasteiger partial charge in [-0.3, -0.25) is 4.79 Å². The van der Waals surface area contributed by atoms with Gasteiger partial charge in [0.25, 0.3) is 0 Å². The third-order valence-corrected chi connectivity index (χ3v) is 5.01. The number of pyridine rings is 1. The van der Waals surface area contributed by atoms with Crippen LogP contribution in [0.5, 0.6) is 0 Å². The molecule has 0 saturated carbocycles. The predicted octanol–water partition coefficient (Wildman–Crippen LogP) is 4.70. The molecule has 0 saturated heterocycles. The van der Waals surface area contributed by atoms with Gasteiger partial charge in [-0.1, -0.05) is 35.9 Å². The molecule has 0 fully saturated rings. The minimum Gasteiger partial charge on any atom is -0.339 e. The van der Waals surface area contributed by atoms with E-state index in [2.05, 4.69) is 10.3 Å². The SMILES string of the molecule is CC(NC(=O)c1[nH]c(-c2ccc(F)cc2)c2cccc[n+]12)c1ccccc1Cl. The van der Waals surface area contributed by atoms with Crippen LogP contribution in [0, 0.1) is 5.82 Å². The summed E-state index contributed by atoms with van der Waals surface area (Å²) in [4.78, 5) is 16.2. The lowest BCUT2D eigenvalue weighted by atomic mass is 10.1. The van der Waals surface area contributed by atoms with Gasteiger partial charge in [-0.05, 0) is 55.0 Å². The maximum absolute atomic E-state index is 13.3. The number of hydrogen-bond acceptors (Lipinski definition) is 1. The molecular weight excluding hydrogens is 377 g/mol. The van der Waals surface area contributed by atoms with E-state index in [4.69, 9.17) is 11.6 Å². The molecule has 2 N–H and O–H groups in total. The fraction of sp³-hybridized carbons (Fsp3) is 0.0909. The van der Waals surface area contributed by atoms with Gasteiger partial charge in [0.15, 0.2) is 11.2 Å². The van der Waals surface area contributed by atoms with E-state index in [-0.39, 0.29) is 17.8 Å². The average molecular weight is 395 g/mol. The Morgan fingerprint density at radius 3 is 2.54 bits per heavy atom. The van der Waals surface area contributed by atoms with Crippen LogP contribution in [0.3, 0.4) is 0 Å². The Morgan fingerprint density at radius 1 is 1.07 bits per heavy atom. The Bertz CT molecular complexity index is 1150. The van der Waals surface area contributed by atoms with E-state index in [9.17, 15) is 9.18 Å². The van der Waals surface area contributed by atoms with E-state index in [1.165, 1.54) is 12.1 Å². The highest BCUT2D eigenvalue weighted by Crippen LogP contribution is 2.24. The molecule has 2 aromatic carbocycles. The molecule has 4 aromatic rings. The zero-order valence-corrected chi connectivity index (χ0v) is 15.9. The molecule has 0 spiro atoms. The van der Waals surface area contributed by atoms with E-state index in [0.29, 0.717) is 10.8 Å². The minimum absolute atomic E-state index is 0.262. The number of H-pyrrole nitrogens is 1. The Kier molecular flexibility index (Phi) is 4.84. The largest absolute Gasteiger partial charge is 0.351 e. The maximum Gasteiger partial charge on any atom is 0.351 e. The van der Waals surface area contributed by atoms with Crippen LogP contribution in [0.15, 0.2) is 72.9 Å². The quantitative estimate of drug-likeness (QED) is 0.484. The van der Waals surface area contributed by atoms with Crippen molar-refractivity contribution in [2.24, 2.45) is 0 Å². The number of fused-ring (bicyclic) bond motifs is 1. The highest BCUT2D eigenvalue weighted by atomic mass is 35.5. The van der Waals surface area contributed by atoms with Crippen LogP contribution in [-0.4, -0.2) is 10.9 Å². The maximum atomic E-state index is 13.3. The van der Waals surface area contributed by atoms with Gasteiger partial charge in [-0.25, -0.2) is 9.37 Å². The molecule has 0 aliphatic carbocycles. The van der Waals surface area contributed by atoms with Crippen LogP contribution in [0.2, 0.25) is 5.02 Å². The Morgan fingerprint density at radius 2 is 1.79 bits per heavy atom. The summed E-state index contributed by atoms with van der Waals surface area (Å²) >= 11 is 6.25. The molecule has 4 nitrogen and oxygen atoms in total. The van der Waals surface area contributed by atoms with Crippen LogP contribution in [0.25, 0.3) is 16.8 Å². The number of amides is 1. The van der Waals surface area contributed by atoms with Crippen LogP contribution in [0.4, 0.5) is 4.39 Å². The van der Waals surface area contributed by atoms with Gasteiger partial charge >= 0.3 is 11.7 Å². The Labute approximate surface area is 166 Å². The number of nitrogens with one attached hydrogen (secondary N) is 2. The molecule has 4 rings (SSSR count). The third kappa shape index (κ3) is 3.37. The van der Waals surface area contributed by atoms with Crippen molar-refractivity contribution in [3.63, 3.8) is 0 Å². The molecule has 140 valence electrons. The molecule has 1 unspecified atom stereocenters. The van der Waals surface area contributed by atoms with Gasteiger partial charge in [-0.15, -0.1) is 0 Å². The molecule has 0 bridgehead atoms. The van der Waals surface area contributed by atoms with E-state index in [1.807, 2.05) is 49.5 Å². The average Bonchev–Trinajstić information content (AvgIpc) is 3.09. The van der Waals surface area contributed by atoms with Crippen molar-refractivity contribution in [1.82, 2.24) is 10.3 Å². The summed E-state index contributed by atoms with van der Waals surface area (Å²) in [7, 11) is 0. The zero-order chi connectivity index (χ0) is 19.7. The molecule has 1 amide bonds. The van der Waals surface area contributed by atoms with Gasteiger partial charge in [0.1, 0.15) is 5.82 Å². The molecular formula is C22H18ClFN3O+. The lowest BCUT2D eigenvalue weighted by molar-refractivity contribution is -0.513. The van der Waals surface area contributed by atoms with Crippen molar-refractivity contribution >= 4 is 23.0 Å². The second-order valence-electron chi connectivity index (χ2n) is 6.53. The van der Waals surface area contributed by atoms with Gasteiger partial charge in [0, 0.05) is 10.6 Å². The van der Waals surface area contributed by atoms with Crippen molar-refractivity contribution in [1.29, 1.82) is 0 Å². The lowest BCUT2D eigenvalue weighted by Gasteiger charge is -2.13. The van der Waals surface area contributed by atoms with Gasteiger partial charge in [0.2, 0.25) is 0 Å². The van der Waals surface area contributed by atoms with E-state index >= 15 is 0 Å². The summed E-state index contributed by atoms with van der Waals surface area (Å²) in [5.74, 6) is -0.186. The summed E-state index contributed by atoms with van der Waals surface area (Å²) in [5.41, 5.74) is 3.21. The van der Waals surface area contributed by atoms with E-state index in [0.717, 1.165) is 22.3 Å².